The number of carbonyl (C=O) groups excluding carboxylic acids is 1. The highest BCUT2D eigenvalue weighted by atomic mass is 16.5. The number of nitrogens with zero attached hydrogens (tertiary/aromatic N) is 4. The molecule has 172 valence electrons. The van der Waals surface area contributed by atoms with Gasteiger partial charge in [0, 0.05) is 44.2 Å². The molecule has 0 radical (unpaired) electrons. The minimum Gasteiger partial charge on any atom is -0.340 e. The Bertz CT molecular complexity index is 1090. The summed E-state index contributed by atoms with van der Waals surface area (Å²) < 4.78 is 5.57. The number of carbonyl (C=O) groups is 1. The molecule has 6 heteroatoms. The Kier molecular flexibility index (Phi) is 6.53. The van der Waals surface area contributed by atoms with Gasteiger partial charge in [-0.15, -0.1) is 0 Å². The van der Waals surface area contributed by atoms with Crippen molar-refractivity contribution in [2.24, 2.45) is 0 Å². The Balaban J connectivity index is 1.16. The lowest BCUT2D eigenvalue weighted by molar-refractivity contribution is -0.132. The third-order valence-electron chi connectivity index (χ3n) is 7.07. The summed E-state index contributed by atoms with van der Waals surface area (Å²) in [5.74, 6) is 2.13. The molecule has 2 fully saturated rings. The van der Waals surface area contributed by atoms with Gasteiger partial charge in [0.1, 0.15) is 0 Å². The predicted molar refractivity (Wildman–Crippen MR) is 128 cm³/mol. The van der Waals surface area contributed by atoms with E-state index >= 15 is 0 Å². The topological polar surface area (TPSA) is 62.5 Å². The number of hydrogen-bond acceptors (Lipinski definition) is 5. The summed E-state index contributed by atoms with van der Waals surface area (Å²) in [5.41, 5.74) is 4.55. The molecule has 2 heterocycles. The fraction of sp³-hybridized carbons (Fsp3) is 0.444. The monoisotopic (exact) mass is 444 g/mol. The van der Waals surface area contributed by atoms with Gasteiger partial charge in [-0.2, -0.15) is 4.98 Å². The standard InChI is InChI=1S/C27H32N4O2/c1-20-7-2-3-11-23(20)18-25(32)31-15-13-30(14-16-31)19-21-8-6-12-24(17-21)26-28-27(33-29-26)22-9-4-5-10-22/h2-3,6-8,11-12,17,22H,4-5,9-10,13-16,18-19H2,1H3. The van der Waals surface area contributed by atoms with Crippen molar-refractivity contribution >= 4 is 5.91 Å². The van der Waals surface area contributed by atoms with E-state index in [1.54, 1.807) is 0 Å². The van der Waals surface area contributed by atoms with E-state index in [-0.39, 0.29) is 5.91 Å². The van der Waals surface area contributed by atoms with Gasteiger partial charge >= 0.3 is 0 Å². The summed E-state index contributed by atoms with van der Waals surface area (Å²) >= 11 is 0. The van der Waals surface area contributed by atoms with Crippen molar-refractivity contribution < 1.29 is 9.32 Å². The quantitative estimate of drug-likeness (QED) is 0.556. The van der Waals surface area contributed by atoms with E-state index in [9.17, 15) is 4.79 Å². The molecule has 0 N–H and O–H groups in total. The minimum absolute atomic E-state index is 0.223. The molecule has 1 saturated carbocycles. The highest BCUT2D eigenvalue weighted by Gasteiger charge is 2.24. The first-order valence-corrected chi connectivity index (χ1v) is 12.1. The van der Waals surface area contributed by atoms with Crippen LogP contribution in [-0.2, 0) is 17.8 Å². The maximum absolute atomic E-state index is 12.8. The lowest BCUT2D eigenvalue weighted by Gasteiger charge is -2.35. The van der Waals surface area contributed by atoms with Crippen molar-refractivity contribution in [3.8, 4) is 11.4 Å². The molecule has 3 aromatic rings. The molecule has 1 amide bonds. The van der Waals surface area contributed by atoms with Crippen LogP contribution in [0.5, 0.6) is 0 Å². The first-order valence-electron chi connectivity index (χ1n) is 12.1. The maximum Gasteiger partial charge on any atom is 0.230 e. The third kappa shape index (κ3) is 5.17. The zero-order chi connectivity index (χ0) is 22.6. The smallest absolute Gasteiger partial charge is 0.230 e. The number of piperazine rings is 1. The van der Waals surface area contributed by atoms with Crippen LogP contribution in [0.25, 0.3) is 11.4 Å². The van der Waals surface area contributed by atoms with E-state index in [0.29, 0.717) is 18.2 Å². The average molecular weight is 445 g/mol. The van der Waals surface area contributed by atoms with E-state index in [4.69, 9.17) is 4.52 Å². The van der Waals surface area contributed by atoms with E-state index < -0.39 is 0 Å². The van der Waals surface area contributed by atoms with E-state index in [1.165, 1.54) is 24.0 Å². The van der Waals surface area contributed by atoms with Crippen molar-refractivity contribution in [3.63, 3.8) is 0 Å². The van der Waals surface area contributed by atoms with Gasteiger partial charge in [-0.1, -0.05) is 60.5 Å². The van der Waals surface area contributed by atoms with E-state index in [1.807, 2.05) is 17.0 Å². The van der Waals surface area contributed by atoms with Gasteiger partial charge in [0.15, 0.2) is 0 Å². The van der Waals surface area contributed by atoms with Crippen LogP contribution in [0.2, 0.25) is 0 Å². The van der Waals surface area contributed by atoms with Crippen LogP contribution < -0.4 is 0 Å². The number of aryl methyl sites for hydroxylation is 1. The van der Waals surface area contributed by atoms with Gasteiger partial charge in [-0.25, -0.2) is 0 Å². The predicted octanol–water partition coefficient (Wildman–Crippen LogP) is 4.59. The Morgan fingerprint density at radius 2 is 1.82 bits per heavy atom. The number of hydrogen-bond donors (Lipinski definition) is 0. The van der Waals surface area contributed by atoms with Gasteiger partial charge in [0.05, 0.1) is 6.42 Å². The van der Waals surface area contributed by atoms with E-state index in [0.717, 1.165) is 62.6 Å². The van der Waals surface area contributed by atoms with Crippen LogP contribution in [0.1, 0.15) is 54.2 Å². The molecule has 33 heavy (non-hydrogen) atoms. The van der Waals surface area contributed by atoms with Crippen LogP contribution >= 0.6 is 0 Å². The zero-order valence-corrected chi connectivity index (χ0v) is 19.4. The van der Waals surface area contributed by atoms with Gasteiger partial charge in [0.2, 0.25) is 17.6 Å². The molecule has 1 aromatic heterocycles. The molecule has 1 aliphatic carbocycles. The lowest BCUT2D eigenvalue weighted by Crippen LogP contribution is -2.48. The maximum atomic E-state index is 12.8. The molecular formula is C27H32N4O2. The number of amides is 1. The fourth-order valence-corrected chi connectivity index (χ4v) is 5.00. The number of aromatic nitrogens is 2. The summed E-state index contributed by atoms with van der Waals surface area (Å²) in [7, 11) is 0. The largest absolute Gasteiger partial charge is 0.340 e. The number of benzene rings is 2. The Labute approximate surface area is 195 Å². The summed E-state index contributed by atoms with van der Waals surface area (Å²) in [6.45, 7) is 6.26. The van der Waals surface area contributed by atoms with Crippen LogP contribution in [0.15, 0.2) is 53.1 Å². The SMILES string of the molecule is Cc1ccccc1CC(=O)N1CCN(Cc2cccc(-c3noc(C4CCCC4)n3)c2)CC1. The van der Waals surface area contributed by atoms with E-state index in [2.05, 4.69) is 58.4 Å². The highest BCUT2D eigenvalue weighted by molar-refractivity contribution is 5.79. The first kappa shape index (κ1) is 21.8. The second-order valence-electron chi connectivity index (χ2n) is 9.40. The molecule has 0 spiro atoms. The Hall–Kier alpha value is -2.99. The molecule has 6 nitrogen and oxygen atoms in total. The average Bonchev–Trinajstić information content (AvgIpc) is 3.54. The molecule has 0 unspecified atom stereocenters. The number of rotatable bonds is 6. The minimum atomic E-state index is 0.223. The van der Waals surface area contributed by atoms with Crippen molar-refractivity contribution in [1.82, 2.24) is 19.9 Å². The third-order valence-corrected chi connectivity index (χ3v) is 7.07. The molecule has 1 aliphatic heterocycles. The normalized spacial score (nSPS) is 17.5. The van der Waals surface area contributed by atoms with Crippen LogP contribution in [0, 0.1) is 6.92 Å². The Morgan fingerprint density at radius 3 is 2.61 bits per heavy atom. The van der Waals surface area contributed by atoms with Crippen molar-refractivity contribution in [3.05, 3.63) is 71.1 Å². The van der Waals surface area contributed by atoms with Crippen LogP contribution in [-0.4, -0.2) is 52.0 Å². The molecule has 2 aromatic carbocycles. The molecule has 2 aliphatic rings. The molecule has 1 saturated heterocycles. The highest BCUT2D eigenvalue weighted by Crippen LogP contribution is 2.34. The molecular weight excluding hydrogens is 412 g/mol. The summed E-state index contributed by atoms with van der Waals surface area (Å²) in [5, 5.41) is 4.24. The van der Waals surface area contributed by atoms with Gasteiger partial charge in [0.25, 0.3) is 0 Å². The van der Waals surface area contributed by atoms with Crippen molar-refractivity contribution in [2.75, 3.05) is 26.2 Å². The zero-order valence-electron chi connectivity index (χ0n) is 19.4. The van der Waals surface area contributed by atoms with Gasteiger partial charge in [-0.3, -0.25) is 9.69 Å². The van der Waals surface area contributed by atoms with Gasteiger partial charge < -0.3 is 9.42 Å². The van der Waals surface area contributed by atoms with Crippen molar-refractivity contribution in [1.29, 1.82) is 0 Å². The molecule has 5 rings (SSSR count). The van der Waals surface area contributed by atoms with Gasteiger partial charge in [-0.05, 0) is 42.5 Å². The van der Waals surface area contributed by atoms with Crippen LogP contribution in [0.3, 0.4) is 0 Å². The fourth-order valence-electron chi connectivity index (χ4n) is 5.00. The Morgan fingerprint density at radius 1 is 1.03 bits per heavy atom. The van der Waals surface area contributed by atoms with Crippen molar-refractivity contribution in [2.45, 2.75) is 51.5 Å². The lowest BCUT2D eigenvalue weighted by atomic mass is 10.0. The van der Waals surface area contributed by atoms with Crippen LogP contribution in [0.4, 0.5) is 0 Å². The summed E-state index contributed by atoms with van der Waals surface area (Å²) in [6, 6.07) is 16.6. The summed E-state index contributed by atoms with van der Waals surface area (Å²) in [6.07, 6.45) is 5.30. The molecule has 0 atom stereocenters. The second-order valence-corrected chi connectivity index (χ2v) is 9.40. The second kappa shape index (κ2) is 9.87. The first-order chi connectivity index (χ1) is 16.2. The molecule has 0 bridgehead atoms. The summed E-state index contributed by atoms with van der Waals surface area (Å²) in [4.78, 5) is 21.9.